The van der Waals surface area contributed by atoms with Crippen LogP contribution in [0, 0.1) is 6.92 Å². The van der Waals surface area contributed by atoms with Crippen molar-refractivity contribution in [2.24, 2.45) is 0 Å². The van der Waals surface area contributed by atoms with E-state index in [1.54, 1.807) is 7.11 Å². The van der Waals surface area contributed by atoms with Crippen molar-refractivity contribution in [3.8, 4) is 17.0 Å². The lowest BCUT2D eigenvalue weighted by molar-refractivity contribution is 0.404. The number of methoxy groups -OCH3 is 1. The summed E-state index contributed by atoms with van der Waals surface area (Å²) in [6.45, 7) is 6.36. The van der Waals surface area contributed by atoms with Crippen LogP contribution in [0.25, 0.3) is 11.3 Å². The maximum Gasteiger partial charge on any atom is 0.145 e. The van der Waals surface area contributed by atoms with Crippen molar-refractivity contribution in [1.82, 2.24) is 10.2 Å². The van der Waals surface area contributed by atoms with Gasteiger partial charge in [-0.15, -0.1) is 0 Å². The van der Waals surface area contributed by atoms with Crippen LogP contribution in [0.15, 0.2) is 18.2 Å². The van der Waals surface area contributed by atoms with Crippen molar-refractivity contribution < 1.29 is 4.74 Å². The largest absolute Gasteiger partial charge is 0.496 e. The number of nitrogens with two attached hydrogens (primary N) is 1. The van der Waals surface area contributed by atoms with Crippen LogP contribution in [0.4, 0.5) is 5.82 Å². The fourth-order valence-electron chi connectivity index (χ4n) is 2.26. The molecule has 0 aliphatic carbocycles. The molecule has 1 aromatic carbocycles. The van der Waals surface area contributed by atoms with Crippen molar-refractivity contribution in [3.05, 3.63) is 29.3 Å². The topological polar surface area (TPSA) is 63.9 Å². The number of hydrogen-bond donors (Lipinski definition) is 2. The molecular formula is C14H19N3O. The summed E-state index contributed by atoms with van der Waals surface area (Å²) in [4.78, 5) is 0. The Morgan fingerprint density at radius 2 is 2.06 bits per heavy atom. The summed E-state index contributed by atoms with van der Waals surface area (Å²) < 4.78 is 5.54. The Kier molecular flexibility index (Phi) is 3.28. The number of nitrogen functional groups attached to an aromatic ring is 1. The Hall–Kier alpha value is -1.97. The summed E-state index contributed by atoms with van der Waals surface area (Å²) in [5.41, 5.74) is 10.0. The summed E-state index contributed by atoms with van der Waals surface area (Å²) in [6.07, 6.45) is 0. The molecule has 0 spiro atoms. The molecule has 4 heteroatoms. The molecule has 0 atom stereocenters. The van der Waals surface area contributed by atoms with Gasteiger partial charge in [-0.3, -0.25) is 5.10 Å². The van der Waals surface area contributed by atoms with Crippen LogP contribution in [-0.4, -0.2) is 17.3 Å². The first-order chi connectivity index (χ1) is 8.54. The number of H-pyrrole nitrogens is 1. The molecule has 0 amide bonds. The molecule has 0 radical (unpaired) electrons. The number of ether oxygens (including phenoxy) is 1. The molecule has 0 saturated carbocycles. The maximum atomic E-state index is 5.67. The molecule has 0 fully saturated rings. The normalized spacial score (nSPS) is 10.9. The average Bonchev–Trinajstić information content (AvgIpc) is 2.75. The van der Waals surface area contributed by atoms with Gasteiger partial charge in [0.05, 0.1) is 12.8 Å². The first kappa shape index (κ1) is 12.5. The third-order valence-electron chi connectivity index (χ3n) is 3.06. The summed E-state index contributed by atoms with van der Waals surface area (Å²) in [5, 5.41) is 6.94. The van der Waals surface area contributed by atoms with Gasteiger partial charge in [0.25, 0.3) is 0 Å². The molecule has 0 bridgehead atoms. The highest BCUT2D eigenvalue weighted by molar-refractivity contribution is 5.70. The highest BCUT2D eigenvalue weighted by Gasteiger charge is 2.17. The molecule has 2 rings (SSSR count). The third kappa shape index (κ3) is 2.06. The van der Waals surface area contributed by atoms with Crippen molar-refractivity contribution in [2.45, 2.75) is 26.7 Å². The summed E-state index contributed by atoms with van der Waals surface area (Å²) in [5.74, 6) is 1.80. The van der Waals surface area contributed by atoms with E-state index in [9.17, 15) is 0 Å². The Morgan fingerprint density at radius 3 is 2.56 bits per heavy atom. The van der Waals surface area contributed by atoms with Gasteiger partial charge in [0.15, 0.2) is 0 Å². The zero-order valence-corrected chi connectivity index (χ0v) is 11.2. The second-order valence-electron chi connectivity index (χ2n) is 4.74. The molecule has 0 aliphatic rings. The molecule has 3 N–H and O–H groups in total. The number of nitrogens with one attached hydrogen (secondary N) is 1. The number of aryl methyl sites for hydroxylation is 1. The lowest BCUT2D eigenvalue weighted by atomic mass is 9.92. The van der Waals surface area contributed by atoms with Gasteiger partial charge >= 0.3 is 0 Å². The van der Waals surface area contributed by atoms with E-state index in [0.717, 1.165) is 22.6 Å². The summed E-state index contributed by atoms with van der Waals surface area (Å²) >= 11 is 0. The van der Waals surface area contributed by atoms with Crippen molar-refractivity contribution in [3.63, 3.8) is 0 Å². The minimum absolute atomic E-state index is 0.361. The predicted molar refractivity (Wildman–Crippen MR) is 73.8 cm³/mol. The van der Waals surface area contributed by atoms with Crippen LogP contribution in [-0.2, 0) is 0 Å². The minimum atomic E-state index is 0.361. The molecule has 0 unspecified atom stereocenters. The zero-order chi connectivity index (χ0) is 13.3. The van der Waals surface area contributed by atoms with Crippen molar-refractivity contribution in [2.75, 3.05) is 12.8 Å². The highest BCUT2D eigenvalue weighted by Crippen LogP contribution is 2.37. The Labute approximate surface area is 107 Å². The van der Waals surface area contributed by atoms with E-state index < -0.39 is 0 Å². The number of aromatic amines is 1. The van der Waals surface area contributed by atoms with Gasteiger partial charge in [-0.25, -0.2) is 0 Å². The van der Waals surface area contributed by atoms with Gasteiger partial charge in [0.1, 0.15) is 11.6 Å². The van der Waals surface area contributed by atoms with E-state index in [1.165, 1.54) is 5.56 Å². The quantitative estimate of drug-likeness (QED) is 0.873. The van der Waals surface area contributed by atoms with Crippen LogP contribution in [0.2, 0.25) is 0 Å². The molecule has 2 aromatic rings. The molecule has 1 heterocycles. The van der Waals surface area contributed by atoms with Crippen LogP contribution in [0.1, 0.15) is 30.9 Å². The fraction of sp³-hybridized carbons (Fsp3) is 0.357. The number of nitrogens with zero attached hydrogens (tertiary/aromatic N) is 1. The number of anilines is 1. The van der Waals surface area contributed by atoms with E-state index in [-0.39, 0.29) is 0 Å². The molecule has 4 nitrogen and oxygen atoms in total. The molecule has 1 aromatic heterocycles. The predicted octanol–water partition coefficient (Wildman–Crippen LogP) is 3.10. The lowest BCUT2D eigenvalue weighted by Crippen LogP contribution is -2.00. The Balaban J connectivity index is 2.67. The average molecular weight is 245 g/mol. The number of hydrogen-bond acceptors (Lipinski definition) is 3. The van der Waals surface area contributed by atoms with Crippen molar-refractivity contribution in [1.29, 1.82) is 0 Å². The van der Waals surface area contributed by atoms with Gasteiger partial charge in [0.2, 0.25) is 0 Å². The molecule has 0 aliphatic heterocycles. The van der Waals surface area contributed by atoms with Crippen LogP contribution in [0.3, 0.4) is 0 Å². The zero-order valence-electron chi connectivity index (χ0n) is 11.2. The standard InChI is InChI=1S/C14H19N3O/c1-8(2)13-10(11-7-12(15)17-16-11)6-5-9(3)14(13)18-4/h5-8H,1-4H3,(H3,15,16,17). The first-order valence-corrected chi connectivity index (χ1v) is 6.03. The molecular weight excluding hydrogens is 226 g/mol. The Morgan fingerprint density at radius 1 is 1.33 bits per heavy atom. The van der Waals surface area contributed by atoms with Crippen molar-refractivity contribution >= 4 is 5.82 Å². The van der Waals surface area contributed by atoms with Crippen LogP contribution < -0.4 is 10.5 Å². The highest BCUT2D eigenvalue weighted by atomic mass is 16.5. The summed E-state index contributed by atoms with van der Waals surface area (Å²) in [7, 11) is 1.71. The minimum Gasteiger partial charge on any atom is -0.496 e. The monoisotopic (exact) mass is 245 g/mol. The number of benzene rings is 1. The SMILES string of the molecule is COc1c(C)ccc(-c2cc(N)n[nH]2)c1C(C)C. The van der Waals surface area contributed by atoms with Gasteiger partial charge in [-0.2, -0.15) is 5.10 Å². The fourth-order valence-corrected chi connectivity index (χ4v) is 2.26. The van der Waals surface area contributed by atoms with E-state index in [1.807, 2.05) is 6.07 Å². The molecule has 96 valence electrons. The van der Waals surface area contributed by atoms with Gasteiger partial charge in [-0.1, -0.05) is 26.0 Å². The number of aromatic nitrogens is 2. The van der Waals surface area contributed by atoms with E-state index in [0.29, 0.717) is 11.7 Å². The van der Waals surface area contributed by atoms with Crippen LogP contribution >= 0.6 is 0 Å². The summed E-state index contributed by atoms with van der Waals surface area (Å²) in [6, 6.07) is 5.98. The second kappa shape index (κ2) is 4.72. The van der Waals surface area contributed by atoms with E-state index >= 15 is 0 Å². The van der Waals surface area contributed by atoms with Gasteiger partial charge < -0.3 is 10.5 Å². The smallest absolute Gasteiger partial charge is 0.145 e. The second-order valence-corrected chi connectivity index (χ2v) is 4.74. The number of rotatable bonds is 3. The maximum absolute atomic E-state index is 5.67. The van der Waals surface area contributed by atoms with Gasteiger partial charge in [-0.05, 0) is 18.4 Å². The van der Waals surface area contributed by atoms with E-state index in [4.69, 9.17) is 10.5 Å². The Bertz CT molecular complexity index is 558. The van der Waals surface area contributed by atoms with Crippen LogP contribution in [0.5, 0.6) is 5.75 Å². The third-order valence-corrected chi connectivity index (χ3v) is 3.06. The van der Waals surface area contributed by atoms with E-state index in [2.05, 4.69) is 43.1 Å². The molecule has 18 heavy (non-hydrogen) atoms. The van der Waals surface area contributed by atoms with Gasteiger partial charge in [0, 0.05) is 17.2 Å². The molecule has 0 saturated heterocycles. The first-order valence-electron chi connectivity index (χ1n) is 6.03. The lowest BCUT2D eigenvalue weighted by Gasteiger charge is -2.18.